The van der Waals surface area contributed by atoms with Gasteiger partial charge in [-0.3, -0.25) is 19.2 Å². The third kappa shape index (κ3) is 3.28. The maximum absolute atomic E-state index is 13.7. The molecule has 11 atom stereocenters. The van der Waals surface area contributed by atoms with Crippen LogP contribution in [0.5, 0.6) is 0 Å². The number of carbonyl (C=O) groups excluding carboxylic acids is 4. The van der Waals surface area contributed by atoms with Gasteiger partial charge in [-0.05, 0) is 56.3 Å². The molecule has 0 bridgehead atoms. The minimum absolute atomic E-state index is 0.0941. The molecule has 8 heteroatoms. The molecule has 8 unspecified atom stereocenters. The van der Waals surface area contributed by atoms with Crippen LogP contribution in [0.25, 0.3) is 0 Å². The number of aliphatic hydroxyl groups excluding tert-OH is 2. The smallest absolute Gasteiger partial charge is 0.185 e. The lowest BCUT2D eigenvalue weighted by Gasteiger charge is -2.56. The zero-order valence-electron chi connectivity index (χ0n) is 18.7. The zero-order valence-corrected chi connectivity index (χ0v) is 19.5. The van der Waals surface area contributed by atoms with E-state index in [0.29, 0.717) is 6.42 Å². The third-order valence-electron chi connectivity index (χ3n) is 8.82. The fraction of sp³-hybridized carbons (Fsp3) is 0.680. The van der Waals surface area contributed by atoms with Crippen molar-refractivity contribution >= 4 is 34.9 Å². The number of Topliss-reactive ketones (excluding diaryl/α,β-unsaturated/α-hetero) is 4. The van der Waals surface area contributed by atoms with Gasteiger partial charge in [0.1, 0.15) is 23.6 Å². The molecule has 0 radical (unpaired) electrons. The average molecular weight is 475 g/mol. The summed E-state index contributed by atoms with van der Waals surface area (Å²) in [5, 5.41) is 35.8. The van der Waals surface area contributed by atoms with Crippen molar-refractivity contribution in [2.45, 2.75) is 62.6 Å². The SMILES string of the molecule is CC(=O)C1C(=O)C[C@@H]2C[C@@H]3CC4C(C5CC(C)=CS5)C=CC(O)C4C(=O)C3C(O)[C@]2(O)C1=O. The van der Waals surface area contributed by atoms with Gasteiger partial charge in [0.15, 0.2) is 17.2 Å². The molecule has 0 aromatic carbocycles. The Morgan fingerprint density at radius 2 is 1.82 bits per heavy atom. The summed E-state index contributed by atoms with van der Waals surface area (Å²) >= 11 is 1.75. The van der Waals surface area contributed by atoms with E-state index in [4.69, 9.17) is 0 Å². The van der Waals surface area contributed by atoms with E-state index in [1.165, 1.54) is 5.57 Å². The molecule has 7 nitrogen and oxygen atoms in total. The van der Waals surface area contributed by atoms with Crippen LogP contribution in [0.4, 0.5) is 0 Å². The first kappa shape index (κ1) is 23.1. The first-order valence-corrected chi connectivity index (χ1v) is 12.7. The largest absolute Gasteiger partial charge is 0.389 e. The number of aliphatic hydroxyl groups is 3. The van der Waals surface area contributed by atoms with Crippen LogP contribution in [0.15, 0.2) is 23.1 Å². The Morgan fingerprint density at radius 3 is 2.45 bits per heavy atom. The monoisotopic (exact) mass is 474 g/mol. The predicted molar refractivity (Wildman–Crippen MR) is 120 cm³/mol. The van der Waals surface area contributed by atoms with Crippen molar-refractivity contribution in [1.82, 2.24) is 0 Å². The van der Waals surface area contributed by atoms with Crippen LogP contribution in [-0.4, -0.2) is 61.5 Å². The maximum Gasteiger partial charge on any atom is 0.185 e. The van der Waals surface area contributed by atoms with Gasteiger partial charge in [0.05, 0.1) is 17.9 Å². The molecule has 5 aliphatic rings. The van der Waals surface area contributed by atoms with Crippen LogP contribution in [0.2, 0.25) is 0 Å². The van der Waals surface area contributed by atoms with Crippen LogP contribution in [0, 0.1) is 41.4 Å². The van der Waals surface area contributed by atoms with Gasteiger partial charge >= 0.3 is 0 Å². The molecule has 3 saturated carbocycles. The molecule has 1 aliphatic heterocycles. The third-order valence-corrected chi connectivity index (χ3v) is 10.2. The Labute approximate surface area is 196 Å². The van der Waals surface area contributed by atoms with Gasteiger partial charge in [0.2, 0.25) is 0 Å². The molecule has 0 spiro atoms. The number of allylic oxidation sites excluding steroid dienone is 2. The summed E-state index contributed by atoms with van der Waals surface area (Å²) < 4.78 is 0. The fourth-order valence-corrected chi connectivity index (χ4v) is 8.66. The van der Waals surface area contributed by atoms with Gasteiger partial charge in [0, 0.05) is 17.6 Å². The van der Waals surface area contributed by atoms with Crippen molar-refractivity contribution in [3.05, 3.63) is 23.1 Å². The quantitative estimate of drug-likeness (QED) is 0.403. The van der Waals surface area contributed by atoms with Crippen LogP contribution in [-0.2, 0) is 19.2 Å². The number of hydrogen-bond donors (Lipinski definition) is 3. The first-order chi connectivity index (χ1) is 15.6. The summed E-state index contributed by atoms with van der Waals surface area (Å²) in [6, 6.07) is 0. The van der Waals surface area contributed by atoms with Gasteiger partial charge in [-0.2, -0.15) is 0 Å². The number of fused-ring (bicyclic) bond motifs is 3. The molecule has 0 saturated heterocycles. The average Bonchev–Trinajstić information content (AvgIpc) is 3.16. The van der Waals surface area contributed by atoms with Crippen LogP contribution >= 0.6 is 11.8 Å². The second kappa shape index (κ2) is 7.97. The lowest BCUT2D eigenvalue weighted by atomic mass is 9.49. The molecular weight excluding hydrogens is 444 g/mol. The van der Waals surface area contributed by atoms with E-state index in [2.05, 4.69) is 12.3 Å². The second-order valence-corrected chi connectivity index (χ2v) is 11.8. The van der Waals surface area contributed by atoms with E-state index in [1.807, 2.05) is 6.08 Å². The van der Waals surface area contributed by atoms with E-state index < -0.39 is 58.8 Å². The molecule has 1 heterocycles. The van der Waals surface area contributed by atoms with Crippen molar-refractivity contribution in [3.8, 4) is 0 Å². The van der Waals surface area contributed by atoms with E-state index in [-0.39, 0.29) is 41.6 Å². The highest BCUT2D eigenvalue weighted by atomic mass is 32.2. The van der Waals surface area contributed by atoms with E-state index >= 15 is 0 Å². The van der Waals surface area contributed by atoms with Crippen molar-refractivity contribution in [2.24, 2.45) is 41.4 Å². The molecular formula is C25H30O7S. The van der Waals surface area contributed by atoms with E-state index in [1.54, 1.807) is 17.8 Å². The molecule has 0 aromatic rings. The highest BCUT2D eigenvalue weighted by Crippen LogP contribution is 2.56. The minimum atomic E-state index is -2.30. The molecule has 5 rings (SSSR count). The number of carbonyl (C=O) groups is 4. The summed E-state index contributed by atoms with van der Waals surface area (Å²) in [6.45, 7) is 3.21. The number of thioether (sulfide) groups is 1. The summed E-state index contributed by atoms with van der Waals surface area (Å²) in [5.74, 6) is -6.91. The standard InChI is InChI=1S/C25H30O7S/c1-10-5-18(33-9-10)14-3-4-16(27)21-15(14)7-12-6-13-8-17(28)19(11(2)26)23(30)25(13,32)24(31)20(12)22(21)29/h3-4,9,12-16,18-21,24,27,31-32H,5-8H2,1-2H3/t12-,13+,14?,15?,16?,18?,19?,20?,21?,24?,25-/m1/s1. The molecule has 4 aliphatic carbocycles. The summed E-state index contributed by atoms with van der Waals surface area (Å²) in [4.78, 5) is 51.3. The Bertz CT molecular complexity index is 985. The zero-order chi connectivity index (χ0) is 23.8. The number of hydrogen-bond acceptors (Lipinski definition) is 8. The van der Waals surface area contributed by atoms with Gasteiger partial charge < -0.3 is 15.3 Å². The van der Waals surface area contributed by atoms with Crippen LogP contribution in [0.3, 0.4) is 0 Å². The highest BCUT2D eigenvalue weighted by molar-refractivity contribution is 8.03. The van der Waals surface area contributed by atoms with Crippen LogP contribution < -0.4 is 0 Å². The molecule has 3 N–H and O–H groups in total. The minimum Gasteiger partial charge on any atom is -0.389 e. The molecule has 3 fully saturated rings. The molecule has 0 amide bonds. The normalized spacial score (nSPS) is 49.2. The van der Waals surface area contributed by atoms with Crippen LogP contribution in [0.1, 0.15) is 39.5 Å². The highest BCUT2D eigenvalue weighted by Gasteiger charge is 2.67. The second-order valence-electron chi connectivity index (χ2n) is 10.7. The lowest BCUT2D eigenvalue weighted by molar-refractivity contribution is -0.206. The maximum atomic E-state index is 13.7. The Morgan fingerprint density at radius 1 is 1.09 bits per heavy atom. The molecule has 33 heavy (non-hydrogen) atoms. The lowest BCUT2D eigenvalue weighted by Crippen LogP contribution is -2.70. The van der Waals surface area contributed by atoms with E-state index in [9.17, 15) is 34.5 Å². The molecule has 178 valence electrons. The summed E-state index contributed by atoms with van der Waals surface area (Å²) in [7, 11) is 0. The molecule has 0 aromatic heterocycles. The Hall–Kier alpha value is -1.61. The van der Waals surface area contributed by atoms with Crippen molar-refractivity contribution in [3.63, 3.8) is 0 Å². The van der Waals surface area contributed by atoms with Gasteiger partial charge in [-0.15, -0.1) is 11.8 Å². The Balaban J connectivity index is 1.48. The van der Waals surface area contributed by atoms with Gasteiger partial charge in [-0.1, -0.05) is 17.7 Å². The number of ketones is 4. The first-order valence-electron chi connectivity index (χ1n) is 11.7. The van der Waals surface area contributed by atoms with Gasteiger partial charge in [0.25, 0.3) is 0 Å². The van der Waals surface area contributed by atoms with E-state index in [0.717, 1.165) is 13.3 Å². The number of rotatable bonds is 2. The van der Waals surface area contributed by atoms with Crippen molar-refractivity contribution in [2.75, 3.05) is 0 Å². The fourth-order valence-electron chi connectivity index (χ4n) is 7.33. The van der Waals surface area contributed by atoms with Crippen molar-refractivity contribution < 1.29 is 34.5 Å². The summed E-state index contributed by atoms with van der Waals surface area (Å²) in [5.41, 5.74) is -1.01. The Kier molecular flexibility index (Phi) is 5.59. The summed E-state index contributed by atoms with van der Waals surface area (Å²) in [6.07, 6.45) is 2.60. The van der Waals surface area contributed by atoms with Crippen molar-refractivity contribution in [1.29, 1.82) is 0 Å². The topological polar surface area (TPSA) is 129 Å². The van der Waals surface area contributed by atoms with Gasteiger partial charge in [-0.25, -0.2) is 0 Å². The predicted octanol–water partition coefficient (Wildman–Crippen LogP) is 1.24.